The minimum atomic E-state index is -1.07. The molecular weight excluding hydrogens is 409 g/mol. The maximum atomic E-state index is 14.8. The van der Waals surface area contributed by atoms with E-state index in [2.05, 4.69) is 16.8 Å². The molecule has 0 atom stereocenters. The van der Waals surface area contributed by atoms with Crippen LogP contribution >= 0.6 is 0 Å². The van der Waals surface area contributed by atoms with Gasteiger partial charge in [-0.15, -0.1) is 5.10 Å². The summed E-state index contributed by atoms with van der Waals surface area (Å²) >= 11 is 0. The number of ether oxygens (including phenoxy) is 3. The first-order valence-corrected chi connectivity index (χ1v) is 9.38. The third kappa shape index (κ3) is 4.33. The Labute approximate surface area is 178 Å². The number of aryl methyl sites for hydroxylation is 1. The van der Waals surface area contributed by atoms with Gasteiger partial charge in [-0.05, 0) is 31.5 Å². The molecule has 0 radical (unpaired) electrons. The lowest BCUT2D eigenvalue weighted by atomic mass is 9.91. The van der Waals surface area contributed by atoms with Crippen LogP contribution < -0.4 is 9.47 Å². The fraction of sp³-hybridized carbons (Fsp3) is 0.217. The summed E-state index contributed by atoms with van der Waals surface area (Å²) in [6.45, 7) is 7.49. The summed E-state index contributed by atoms with van der Waals surface area (Å²) in [5.41, 5.74) is 0.846. The molecule has 0 aliphatic carbocycles. The van der Waals surface area contributed by atoms with Gasteiger partial charge in [0.15, 0.2) is 0 Å². The smallest absolute Gasteiger partial charge is 0.140 e. The summed E-state index contributed by atoms with van der Waals surface area (Å²) < 4.78 is 59.4. The van der Waals surface area contributed by atoms with Crippen molar-refractivity contribution in [2.75, 3.05) is 20.8 Å². The molecule has 0 N–H and O–H groups in total. The van der Waals surface area contributed by atoms with E-state index in [9.17, 15) is 13.2 Å². The lowest BCUT2D eigenvalue weighted by Crippen LogP contribution is -2.06. The second kappa shape index (κ2) is 9.07. The van der Waals surface area contributed by atoms with Crippen LogP contribution in [0.2, 0.25) is 0 Å². The van der Waals surface area contributed by atoms with Crippen molar-refractivity contribution >= 4 is 5.76 Å². The minimum absolute atomic E-state index is 0.0937. The molecule has 1 heterocycles. The Morgan fingerprint density at radius 3 is 1.97 bits per heavy atom. The maximum Gasteiger partial charge on any atom is 0.140 e. The van der Waals surface area contributed by atoms with Crippen molar-refractivity contribution in [3.8, 4) is 33.8 Å². The Morgan fingerprint density at radius 1 is 0.871 bits per heavy atom. The quantitative estimate of drug-likeness (QED) is 0.460. The van der Waals surface area contributed by atoms with Gasteiger partial charge >= 0.3 is 0 Å². The van der Waals surface area contributed by atoms with Crippen LogP contribution in [0.15, 0.2) is 36.9 Å². The van der Waals surface area contributed by atoms with Gasteiger partial charge in [-0.3, -0.25) is 0 Å². The van der Waals surface area contributed by atoms with Gasteiger partial charge < -0.3 is 14.2 Å². The van der Waals surface area contributed by atoms with Crippen molar-refractivity contribution in [3.63, 3.8) is 0 Å². The van der Waals surface area contributed by atoms with Crippen LogP contribution in [-0.4, -0.2) is 31.0 Å². The van der Waals surface area contributed by atoms with Gasteiger partial charge in [0, 0.05) is 29.3 Å². The number of halogens is 3. The predicted octanol–water partition coefficient (Wildman–Crippen LogP) is 5.56. The number of aromatic nitrogens is 2. The van der Waals surface area contributed by atoms with Gasteiger partial charge in [0.1, 0.15) is 40.4 Å². The summed E-state index contributed by atoms with van der Waals surface area (Å²) in [5, 5.41) is 8.23. The van der Waals surface area contributed by atoms with Crippen molar-refractivity contribution in [2.24, 2.45) is 0 Å². The van der Waals surface area contributed by atoms with E-state index < -0.39 is 23.0 Å². The number of methoxy groups -OCH3 is 2. The average molecular weight is 430 g/mol. The Morgan fingerprint density at radius 2 is 1.45 bits per heavy atom. The number of nitrogens with zero attached hydrogens (tertiary/aromatic N) is 2. The lowest BCUT2D eigenvalue weighted by Gasteiger charge is -2.19. The largest absolute Gasteiger partial charge is 0.497 e. The number of rotatable bonds is 7. The first-order valence-electron chi connectivity index (χ1n) is 9.38. The topological polar surface area (TPSA) is 53.5 Å². The molecule has 0 amide bonds. The lowest BCUT2D eigenvalue weighted by molar-refractivity contribution is 0.297. The second-order valence-corrected chi connectivity index (χ2v) is 6.59. The van der Waals surface area contributed by atoms with Gasteiger partial charge in [-0.1, -0.05) is 6.58 Å². The van der Waals surface area contributed by atoms with Crippen LogP contribution in [0, 0.1) is 24.4 Å². The molecule has 1 aromatic heterocycles. The third-order valence-electron chi connectivity index (χ3n) is 4.63. The second-order valence-electron chi connectivity index (χ2n) is 6.59. The molecule has 8 heteroatoms. The number of hydrogen-bond donors (Lipinski definition) is 0. The summed E-state index contributed by atoms with van der Waals surface area (Å²) in [6.07, 6.45) is 0. The Balaban J connectivity index is 2.46. The monoisotopic (exact) mass is 430 g/mol. The molecule has 0 aliphatic rings. The van der Waals surface area contributed by atoms with E-state index in [0.717, 1.165) is 0 Å². The molecule has 3 aromatic rings. The molecule has 0 aliphatic heterocycles. The standard InChI is InChI=1S/C23H21F3N2O3/c1-6-31-13(3)23-21(14-7-16(29-4)11-17(8-14)30-5)20(12(2)27-28-23)22-18(25)9-15(24)10-19(22)26/h7-11H,3,6H2,1-2,4-5H3. The van der Waals surface area contributed by atoms with Gasteiger partial charge in [0.25, 0.3) is 0 Å². The van der Waals surface area contributed by atoms with Gasteiger partial charge in [-0.2, -0.15) is 5.10 Å². The Bertz CT molecular complexity index is 1100. The van der Waals surface area contributed by atoms with Gasteiger partial charge in [0.05, 0.1) is 32.1 Å². The van der Waals surface area contributed by atoms with E-state index in [1.807, 2.05) is 0 Å². The van der Waals surface area contributed by atoms with Crippen LogP contribution in [0.3, 0.4) is 0 Å². The van der Waals surface area contributed by atoms with Crippen molar-refractivity contribution in [1.82, 2.24) is 10.2 Å². The fourth-order valence-corrected chi connectivity index (χ4v) is 3.28. The Kier molecular flexibility index (Phi) is 6.48. The molecule has 162 valence electrons. The summed E-state index contributed by atoms with van der Waals surface area (Å²) in [6, 6.07) is 6.20. The van der Waals surface area contributed by atoms with Crippen LogP contribution in [-0.2, 0) is 4.74 Å². The zero-order valence-corrected chi connectivity index (χ0v) is 17.6. The van der Waals surface area contributed by atoms with E-state index in [1.165, 1.54) is 14.2 Å². The minimum Gasteiger partial charge on any atom is -0.497 e. The van der Waals surface area contributed by atoms with E-state index in [4.69, 9.17) is 14.2 Å². The zero-order valence-electron chi connectivity index (χ0n) is 17.6. The summed E-state index contributed by atoms with van der Waals surface area (Å²) in [4.78, 5) is 0. The molecule has 0 unspecified atom stereocenters. The van der Waals surface area contributed by atoms with Gasteiger partial charge in [0.2, 0.25) is 0 Å². The maximum absolute atomic E-state index is 14.8. The third-order valence-corrected chi connectivity index (χ3v) is 4.63. The van der Waals surface area contributed by atoms with Crippen molar-refractivity contribution in [1.29, 1.82) is 0 Å². The highest BCUT2D eigenvalue weighted by Crippen LogP contribution is 2.42. The van der Waals surface area contributed by atoms with Crippen LogP contribution in [0.5, 0.6) is 11.5 Å². The normalized spacial score (nSPS) is 10.7. The molecule has 31 heavy (non-hydrogen) atoms. The molecule has 3 rings (SSSR count). The van der Waals surface area contributed by atoms with Crippen LogP contribution in [0.4, 0.5) is 13.2 Å². The van der Waals surface area contributed by atoms with E-state index >= 15 is 0 Å². The van der Waals surface area contributed by atoms with E-state index in [0.29, 0.717) is 41.4 Å². The van der Waals surface area contributed by atoms with E-state index in [1.54, 1.807) is 32.0 Å². The Hall–Kier alpha value is -3.55. The predicted molar refractivity (Wildman–Crippen MR) is 111 cm³/mol. The first-order chi connectivity index (χ1) is 14.8. The van der Waals surface area contributed by atoms with Gasteiger partial charge in [-0.25, -0.2) is 13.2 Å². The molecule has 2 aromatic carbocycles. The van der Waals surface area contributed by atoms with Crippen LogP contribution in [0.1, 0.15) is 18.3 Å². The average Bonchev–Trinajstić information content (AvgIpc) is 2.73. The van der Waals surface area contributed by atoms with Crippen molar-refractivity contribution in [3.05, 3.63) is 65.8 Å². The molecule has 0 saturated carbocycles. The highest BCUT2D eigenvalue weighted by atomic mass is 19.1. The molecular formula is C23H21F3N2O3. The zero-order chi connectivity index (χ0) is 22.7. The summed E-state index contributed by atoms with van der Waals surface area (Å²) in [5.74, 6) is -2.11. The summed E-state index contributed by atoms with van der Waals surface area (Å²) in [7, 11) is 2.96. The van der Waals surface area contributed by atoms with Crippen LogP contribution in [0.25, 0.3) is 28.0 Å². The highest BCUT2D eigenvalue weighted by Gasteiger charge is 2.26. The molecule has 0 bridgehead atoms. The molecule has 0 fully saturated rings. The highest BCUT2D eigenvalue weighted by molar-refractivity contribution is 5.91. The SMILES string of the molecule is C=C(OCC)c1nnc(C)c(-c2c(F)cc(F)cc2F)c1-c1cc(OC)cc(OC)c1. The number of benzene rings is 2. The van der Waals surface area contributed by atoms with Crippen molar-refractivity contribution < 1.29 is 27.4 Å². The molecule has 5 nitrogen and oxygen atoms in total. The number of hydrogen-bond acceptors (Lipinski definition) is 5. The first kappa shape index (κ1) is 22.1. The van der Waals surface area contributed by atoms with E-state index in [-0.39, 0.29) is 22.7 Å². The fourth-order valence-electron chi connectivity index (χ4n) is 3.28. The molecule has 0 spiro atoms. The molecule has 0 saturated heterocycles. The van der Waals surface area contributed by atoms with Crippen molar-refractivity contribution in [2.45, 2.75) is 13.8 Å².